The second-order valence-electron chi connectivity index (χ2n) is 3.28. The highest BCUT2D eigenvalue weighted by molar-refractivity contribution is 7.90. The van der Waals surface area contributed by atoms with Crippen LogP contribution in [0.4, 0.5) is 0 Å². The Kier molecular flexibility index (Phi) is 4.76. The Labute approximate surface area is 110 Å². The summed E-state index contributed by atoms with van der Waals surface area (Å²) < 4.78 is 24.8. The van der Waals surface area contributed by atoms with E-state index in [2.05, 4.69) is 17.6 Å². The zero-order valence-electron chi connectivity index (χ0n) is 8.81. The first-order chi connectivity index (χ1) is 7.94. The number of ketones is 1. The minimum Gasteiger partial charge on any atom is -0.293 e. The minimum atomic E-state index is -3.88. The summed E-state index contributed by atoms with van der Waals surface area (Å²) in [5.74, 6) is -1.07. The van der Waals surface area contributed by atoms with Gasteiger partial charge in [-0.05, 0) is 17.8 Å². The maximum atomic E-state index is 11.9. The number of hydrogen-bond acceptors (Lipinski definition) is 4. The lowest BCUT2D eigenvalue weighted by Crippen LogP contribution is -2.20. The summed E-state index contributed by atoms with van der Waals surface area (Å²) in [6.07, 6.45) is 0. The van der Waals surface area contributed by atoms with Gasteiger partial charge < -0.3 is 0 Å². The van der Waals surface area contributed by atoms with Crippen LogP contribution in [-0.2, 0) is 10.0 Å². The normalized spacial score (nSPS) is 13.1. The summed E-state index contributed by atoms with van der Waals surface area (Å²) in [4.78, 5) is 11.7. The summed E-state index contributed by atoms with van der Waals surface area (Å²) in [5.41, 5.74) is 0.0468. The van der Waals surface area contributed by atoms with E-state index in [1.165, 1.54) is 18.2 Å². The summed E-state index contributed by atoms with van der Waals surface area (Å²) in [6.45, 7) is 1.55. The Bertz CT molecular complexity index is 542. The highest BCUT2D eigenvalue weighted by Crippen LogP contribution is 2.18. The molecule has 0 aliphatic rings. The molecule has 1 N–H and O–H groups in total. The predicted molar refractivity (Wildman–Crippen MR) is 68.7 cm³/mol. The van der Waals surface area contributed by atoms with Crippen LogP contribution in [0.5, 0.6) is 0 Å². The van der Waals surface area contributed by atoms with E-state index in [9.17, 15) is 13.2 Å². The summed E-state index contributed by atoms with van der Waals surface area (Å²) in [5, 5.41) is 2.35. The van der Waals surface area contributed by atoms with Gasteiger partial charge in [-0.2, -0.15) is 0 Å². The predicted octanol–water partition coefficient (Wildman–Crippen LogP) is 1.81. The van der Waals surface area contributed by atoms with E-state index in [1.807, 2.05) is 0 Å². The Morgan fingerprint density at radius 3 is 2.59 bits per heavy atom. The zero-order valence-corrected chi connectivity index (χ0v) is 11.2. The highest BCUT2D eigenvalue weighted by atomic mass is 35.5. The van der Waals surface area contributed by atoms with Crippen molar-refractivity contribution in [2.24, 2.45) is 5.92 Å². The molecule has 1 rings (SSSR count). The smallest absolute Gasteiger partial charge is 0.254 e. The molecule has 1 atom stereocenters. The molecule has 0 aliphatic carbocycles. The summed E-state index contributed by atoms with van der Waals surface area (Å²) in [6, 6.07) is 5.78. The molecule has 0 fully saturated rings. The van der Waals surface area contributed by atoms with Gasteiger partial charge in [0.15, 0.2) is 5.78 Å². The number of nitrogens with one attached hydrogen (secondary N) is 1. The van der Waals surface area contributed by atoms with Crippen molar-refractivity contribution in [2.75, 3.05) is 0 Å². The summed E-state index contributed by atoms with van der Waals surface area (Å²) >= 11 is 9.69. The Balaban J connectivity index is 3.36. The third-order valence-electron chi connectivity index (χ3n) is 2.11. The number of hydrogen-bond donors (Lipinski definition) is 1. The minimum absolute atomic E-state index is 0.0468. The van der Waals surface area contributed by atoms with E-state index in [1.54, 1.807) is 17.2 Å². The van der Waals surface area contributed by atoms with Gasteiger partial charge in [-0.15, -0.1) is 4.24 Å². The quantitative estimate of drug-likeness (QED) is 0.510. The van der Waals surface area contributed by atoms with Gasteiger partial charge in [0.1, 0.15) is 0 Å². The molecule has 4 nitrogen and oxygen atoms in total. The number of sulfonamides is 1. The van der Waals surface area contributed by atoms with Crippen molar-refractivity contribution in [2.45, 2.75) is 11.8 Å². The van der Waals surface area contributed by atoms with Gasteiger partial charge in [0.05, 0.1) is 10.8 Å². The Morgan fingerprint density at radius 1 is 1.47 bits per heavy atom. The van der Waals surface area contributed by atoms with Crippen molar-refractivity contribution in [3.05, 3.63) is 29.8 Å². The van der Waals surface area contributed by atoms with Crippen LogP contribution in [0.2, 0.25) is 0 Å². The van der Waals surface area contributed by atoms with Gasteiger partial charge in [-0.1, -0.05) is 37.3 Å². The molecule has 0 bridgehead atoms. The fraction of sp³-hybridized carbons (Fsp3) is 0.200. The van der Waals surface area contributed by atoms with Gasteiger partial charge >= 0.3 is 0 Å². The molecule has 1 unspecified atom stereocenters. The van der Waals surface area contributed by atoms with E-state index in [4.69, 9.17) is 11.8 Å². The molecule has 1 radical (unpaired) electrons. The molecule has 1 aromatic carbocycles. The van der Waals surface area contributed by atoms with Crippen LogP contribution in [0.3, 0.4) is 0 Å². The molecular formula is C10H9ClNO3S2. The number of carbonyl (C=O) groups excluding carboxylic acids is 1. The fourth-order valence-electron chi connectivity index (χ4n) is 1.23. The third kappa shape index (κ3) is 3.10. The highest BCUT2D eigenvalue weighted by Gasteiger charge is 2.23. The monoisotopic (exact) mass is 290 g/mol. The molecule has 7 heteroatoms. The fourth-order valence-corrected chi connectivity index (χ4v) is 2.39. The molecule has 1 aromatic rings. The lowest BCUT2D eigenvalue weighted by atomic mass is 10.0. The first-order valence-electron chi connectivity index (χ1n) is 4.57. The van der Waals surface area contributed by atoms with Crippen molar-refractivity contribution in [3.63, 3.8) is 0 Å². The lowest BCUT2D eigenvalue weighted by molar-refractivity contribution is 0.0961. The maximum absolute atomic E-state index is 11.9. The lowest BCUT2D eigenvalue weighted by Gasteiger charge is -2.09. The number of rotatable bonds is 5. The number of benzene rings is 1. The molecule has 0 aliphatic heterocycles. The third-order valence-corrected chi connectivity index (χ3v) is 4.21. The first-order valence-corrected chi connectivity index (χ1v) is 6.84. The topological polar surface area (TPSA) is 63.2 Å². The number of thiocarbonyl (C=S) groups is 1. The molecule has 0 heterocycles. The van der Waals surface area contributed by atoms with Gasteiger partial charge in [0.2, 0.25) is 0 Å². The SMILES string of the molecule is CC([C]=S)C(=O)c1ccccc1S(=O)(=O)NCl. The van der Waals surface area contributed by atoms with Crippen LogP contribution < -0.4 is 4.24 Å². The van der Waals surface area contributed by atoms with Crippen LogP contribution >= 0.6 is 24.0 Å². The van der Waals surface area contributed by atoms with E-state index in [-0.39, 0.29) is 10.5 Å². The van der Waals surface area contributed by atoms with Gasteiger partial charge in [0, 0.05) is 10.9 Å². The first kappa shape index (κ1) is 14.2. The van der Waals surface area contributed by atoms with Crippen molar-refractivity contribution in [1.82, 2.24) is 4.24 Å². The Hall–Kier alpha value is -0.820. The molecule has 0 saturated heterocycles. The second kappa shape index (κ2) is 5.68. The maximum Gasteiger partial charge on any atom is 0.254 e. The molecule has 91 valence electrons. The molecule has 0 aromatic heterocycles. The standard InChI is InChI=1S/C10H9ClNO3S2/c1-7(6-16)10(13)8-4-2-3-5-9(8)17(14,15)12-11/h2-5,7,12H,1H3. The van der Waals surface area contributed by atoms with Crippen molar-refractivity contribution in [3.8, 4) is 0 Å². The van der Waals surface area contributed by atoms with E-state index < -0.39 is 21.7 Å². The summed E-state index contributed by atoms with van der Waals surface area (Å²) in [7, 11) is -3.88. The van der Waals surface area contributed by atoms with Gasteiger partial charge in [-0.3, -0.25) is 4.79 Å². The molecule has 0 spiro atoms. The van der Waals surface area contributed by atoms with Crippen LogP contribution in [0.15, 0.2) is 29.2 Å². The van der Waals surface area contributed by atoms with Crippen molar-refractivity contribution in [1.29, 1.82) is 0 Å². The van der Waals surface area contributed by atoms with E-state index in [0.717, 1.165) is 0 Å². The largest absolute Gasteiger partial charge is 0.293 e. The average Bonchev–Trinajstić information content (AvgIpc) is 2.36. The van der Waals surface area contributed by atoms with E-state index >= 15 is 0 Å². The molecule has 0 amide bonds. The zero-order chi connectivity index (χ0) is 13.1. The van der Waals surface area contributed by atoms with Crippen LogP contribution in [-0.4, -0.2) is 19.6 Å². The molecule has 0 saturated carbocycles. The van der Waals surface area contributed by atoms with Crippen LogP contribution in [0.1, 0.15) is 17.3 Å². The molecular weight excluding hydrogens is 282 g/mol. The number of carbonyl (C=O) groups is 1. The number of Topliss-reactive ketones (excluding diaryl/α,β-unsaturated/α-hetero) is 1. The number of halogens is 1. The average molecular weight is 291 g/mol. The van der Waals surface area contributed by atoms with Crippen LogP contribution in [0, 0.1) is 5.92 Å². The van der Waals surface area contributed by atoms with E-state index in [0.29, 0.717) is 0 Å². The second-order valence-corrected chi connectivity index (χ2v) is 5.58. The van der Waals surface area contributed by atoms with Crippen molar-refractivity contribution >= 4 is 45.2 Å². The van der Waals surface area contributed by atoms with Gasteiger partial charge in [0.25, 0.3) is 10.0 Å². The Morgan fingerprint density at radius 2 is 2.06 bits per heavy atom. The van der Waals surface area contributed by atoms with Gasteiger partial charge in [-0.25, -0.2) is 8.42 Å². The van der Waals surface area contributed by atoms with Crippen molar-refractivity contribution < 1.29 is 13.2 Å². The van der Waals surface area contributed by atoms with Crippen LogP contribution in [0.25, 0.3) is 0 Å². The molecule has 17 heavy (non-hydrogen) atoms.